The molecule has 6 heteroatoms. The van der Waals surface area contributed by atoms with E-state index in [0.717, 1.165) is 18.3 Å². The largest absolute Gasteiger partial charge is 0.411 e. The Morgan fingerprint density at radius 3 is 3.00 bits per heavy atom. The minimum atomic E-state index is -0.462. The van der Waals surface area contributed by atoms with Crippen molar-refractivity contribution in [1.29, 1.82) is 0 Å². The first kappa shape index (κ1) is 13.5. The first-order valence-electron chi connectivity index (χ1n) is 6.27. The van der Waals surface area contributed by atoms with Crippen LogP contribution in [0.4, 0.5) is 4.39 Å². The molecule has 1 atom stereocenters. The van der Waals surface area contributed by atoms with Gasteiger partial charge in [0.15, 0.2) is 0 Å². The molecule has 1 N–H and O–H groups in total. The quantitative estimate of drug-likeness (QED) is 0.656. The molecule has 1 saturated heterocycles. The van der Waals surface area contributed by atoms with Crippen LogP contribution >= 0.6 is 0 Å². The fourth-order valence-electron chi connectivity index (χ4n) is 2.26. The van der Waals surface area contributed by atoms with Crippen LogP contribution < -0.4 is 0 Å². The van der Waals surface area contributed by atoms with Crippen molar-refractivity contribution in [2.45, 2.75) is 19.8 Å². The highest BCUT2D eigenvalue weighted by molar-refractivity contribution is 5.95. The van der Waals surface area contributed by atoms with E-state index in [1.54, 1.807) is 4.90 Å². The Kier molecular flexibility index (Phi) is 4.09. The summed E-state index contributed by atoms with van der Waals surface area (Å²) in [5, 5.41) is 12.2. The third-order valence-electron chi connectivity index (χ3n) is 3.40. The van der Waals surface area contributed by atoms with E-state index in [1.165, 1.54) is 12.1 Å². The van der Waals surface area contributed by atoms with Gasteiger partial charge in [-0.25, -0.2) is 9.37 Å². The Labute approximate surface area is 110 Å². The van der Waals surface area contributed by atoms with Crippen molar-refractivity contribution in [2.24, 2.45) is 11.1 Å². The lowest BCUT2D eigenvalue weighted by molar-refractivity contribution is 0.0723. The summed E-state index contributed by atoms with van der Waals surface area (Å²) >= 11 is 0. The zero-order valence-electron chi connectivity index (χ0n) is 10.7. The van der Waals surface area contributed by atoms with Gasteiger partial charge < -0.3 is 10.1 Å². The molecule has 2 heterocycles. The third kappa shape index (κ3) is 2.89. The summed E-state index contributed by atoms with van der Waals surface area (Å²) in [6.45, 7) is 2.99. The van der Waals surface area contributed by atoms with Crippen molar-refractivity contribution < 1.29 is 14.4 Å². The number of rotatable bonds is 2. The summed E-state index contributed by atoms with van der Waals surface area (Å²) in [5.41, 5.74) is 0.972. The number of hydrogen-bond acceptors (Lipinski definition) is 4. The van der Waals surface area contributed by atoms with Crippen molar-refractivity contribution in [2.75, 3.05) is 13.1 Å². The molecule has 2 rings (SSSR count). The van der Waals surface area contributed by atoms with Gasteiger partial charge in [-0.3, -0.25) is 4.79 Å². The predicted octanol–water partition coefficient (Wildman–Crippen LogP) is 1.92. The molecule has 0 aliphatic carbocycles. The number of likely N-dealkylation sites (tertiary alicyclic amines) is 1. The highest BCUT2D eigenvalue weighted by Crippen LogP contribution is 2.19. The van der Waals surface area contributed by atoms with Crippen LogP contribution in [0.2, 0.25) is 0 Å². The van der Waals surface area contributed by atoms with Crippen LogP contribution in [0.1, 0.15) is 30.3 Å². The van der Waals surface area contributed by atoms with Gasteiger partial charge in [0.1, 0.15) is 11.5 Å². The number of carbonyl (C=O) groups is 1. The maximum absolute atomic E-state index is 12.8. The van der Waals surface area contributed by atoms with Crippen molar-refractivity contribution in [3.05, 3.63) is 29.8 Å². The topological polar surface area (TPSA) is 65.8 Å². The van der Waals surface area contributed by atoms with E-state index in [4.69, 9.17) is 5.21 Å². The van der Waals surface area contributed by atoms with Crippen molar-refractivity contribution >= 4 is 11.6 Å². The molecule has 1 aromatic rings. The van der Waals surface area contributed by atoms with E-state index in [-0.39, 0.29) is 17.5 Å². The normalized spacial score (nSPS) is 21.7. The van der Waals surface area contributed by atoms with Gasteiger partial charge in [-0.2, -0.15) is 0 Å². The lowest BCUT2D eigenvalue weighted by Gasteiger charge is -2.32. The van der Waals surface area contributed by atoms with E-state index in [1.807, 2.05) is 6.92 Å². The van der Waals surface area contributed by atoms with Crippen LogP contribution in [0.15, 0.2) is 23.5 Å². The monoisotopic (exact) mass is 265 g/mol. The van der Waals surface area contributed by atoms with Crippen LogP contribution in [0.3, 0.4) is 0 Å². The second-order valence-electron chi connectivity index (χ2n) is 4.56. The molecular formula is C13H16FN3O2. The maximum Gasteiger partial charge on any atom is 0.272 e. The number of halogens is 1. The lowest BCUT2D eigenvalue weighted by Crippen LogP contribution is -2.44. The van der Waals surface area contributed by atoms with Gasteiger partial charge >= 0.3 is 0 Å². The lowest BCUT2D eigenvalue weighted by atomic mass is 9.93. The number of hydrogen-bond donors (Lipinski definition) is 1. The summed E-state index contributed by atoms with van der Waals surface area (Å²) in [6.07, 6.45) is 2.40. The molecule has 1 aromatic heterocycles. The zero-order valence-corrected chi connectivity index (χ0v) is 10.7. The average Bonchev–Trinajstić information content (AvgIpc) is 2.46. The number of aromatic nitrogens is 1. The number of pyridine rings is 1. The summed E-state index contributed by atoms with van der Waals surface area (Å²) in [6, 6.07) is 2.61. The van der Waals surface area contributed by atoms with Crippen molar-refractivity contribution in [3.8, 4) is 0 Å². The molecule has 0 radical (unpaired) electrons. The smallest absolute Gasteiger partial charge is 0.272 e. The molecule has 1 amide bonds. The van der Waals surface area contributed by atoms with E-state index in [9.17, 15) is 9.18 Å². The molecule has 102 valence electrons. The van der Waals surface area contributed by atoms with Gasteiger partial charge in [-0.05, 0) is 18.6 Å². The van der Waals surface area contributed by atoms with Gasteiger partial charge in [0, 0.05) is 25.4 Å². The first-order valence-corrected chi connectivity index (χ1v) is 6.27. The van der Waals surface area contributed by atoms with Gasteiger partial charge in [-0.1, -0.05) is 12.1 Å². The molecule has 0 spiro atoms. The fraction of sp³-hybridized carbons (Fsp3) is 0.462. The van der Waals surface area contributed by atoms with Crippen LogP contribution in [0.5, 0.6) is 0 Å². The average molecular weight is 265 g/mol. The second kappa shape index (κ2) is 5.77. The summed E-state index contributed by atoms with van der Waals surface area (Å²) in [4.78, 5) is 17.7. The molecule has 5 nitrogen and oxygen atoms in total. The SMILES string of the molecule is CCC1CN(C(=O)c2ccc(F)cn2)CC/C1=N\O. The number of amides is 1. The molecule has 1 fully saturated rings. The zero-order chi connectivity index (χ0) is 13.8. The third-order valence-corrected chi connectivity index (χ3v) is 3.40. The van der Waals surface area contributed by atoms with Gasteiger partial charge in [0.05, 0.1) is 11.9 Å². The summed E-state index contributed by atoms with van der Waals surface area (Å²) in [7, 11) is 0. The van der Waals surface area contributed by atoms with E-state index < -0.39 is 5.82 Å². The van der Waals surface area contributed by atoms with E-state index in [0.29, 0.717) is 19.5 Å². The Balaban J connectivity index is 2.10. The number of nitrogens with zero attached hydrogens (tertiary/aromatic N) is 3. The fourth-order valence-corrected chi connectivity index (χ4v) is 2.26. The highest BCUT2D eigenvalue weighted by Gasteiger charge is 2.28. The highest BCUT2D eigenvalue weighted by atomic mass is 19.1. The molecule has 1 unspecified atom stereocenters. The molecule has 1 aliphatic heterocycles. The van der Waals surface area contributed by atoms with Crippen molar-refractivity contribution in [3.63, 3.8) is 0 Å². The molecule has 1 aliphatic rings. The standard InChI is InChI=1S/C13H16FN3O2/c1-2-9-8-17(6-5-11(9)16-19)13(18)12-4-3-10(14)7-15-12/h3-4,7,9,19H,2,5-6,8H2,1H3/b16-11+. The van der Waals surface area contributed by atoms with Crippen LogP contribution in [-0.2, 0) is 0 Å². The van der Waals surface area contributed by atoms with Crippen LogP contribution in [0.25, 0.3) is 0 Å². The van der Waals surface area contributed by atoms with Crippen molar-refractivity contribution in [1.82, 2.24) is 9.88 Å². The minimum absolute atomic E-state index is 0.0724. The molecular weight excluding hydrogens is 249 g/mol. The maximum atomic E-state index is 12.8. The number of piperidine rings is 1. The van der Waals surface area contributed by atoms with Crippen LogP contribution in [-0.4, -0.2) is 39.8 Å². The molecule has 0 aromatic carbocycles. The minimum Gasteiger partial charge on any atom is -0.411 e. The predicted molar refractivity (Wildman–Crippen MR) is 67.7 cm³/mol. The van der Waals surface area contributed by atoms with E-state index >= 15 is 0 Å². The Bertz CT molecular complexity index is 487. The molecule has 19 heavy (non-hydrogen) atoms. The van der Waals surface area contributed by atoms with E-state index in [2.05, 4.69) is 10.1 Å². The molecule has 0 saturated carbocycles. The number of oxime groups is 1. The molecule has 0 bridgehead atoms. The van der Waals surface area contributed by atoms with Gasteiger partial charge in [-0.15, -0.1) is 0 Å². The Morgan fingerprint density at radius 2 is 2.42 bits per heavy atom. The number of carbonyl (C=O) groups excluding carboxylic acids is 1. The summed E-state index contributed by atoms with van der Waals surface area (Å²) < 4.78 is 12.8. The Hall–Kier alpha value is -1.98. The van der Waals surface area contributed by atoms with Gasteiger partial charge in [0.25, 0.3) is 5.91 Å². The second-order valence-corrected chi connectivity index (χ2v) is 4.56. The van der Waals surface area contributed by atoms with Gasteiger partial charge in [0.2, 0.25) is 0 Å². The van der Waals surface area contributed by atoms with Crippen LogP contribution in [0, 0.1) is 11.7 Å². The first-order chi connectivity index (χ1) is 9.15. The Morgan fingerprint density at radius 1 is 1.63 bits per heavy atom. The summed E-state index contributed by atoms with van der Waals surface area (Å²) in [5.74, 6) is -0.602.